The largest absolute Gasteiger partial charge is 0.481 e. The van der Waals surface area contributed by atoms with Gasteiger partial charge in [-0.3, -0.25) is 9.59 Å². The molecule has 2 N–H and O–H groups in total. The average molecular weight is 249 g/mol. The van der Waals surface area contributed by atoms with Gasteiger partial charge in [0.15, 0.2) is 0 Å². The molecule has 0 spiro atoms. The Kier molecular flexibility index (Phi) is 4.48. The third-order valence-electron chi connectivity index (χ3n) is 2.79. The lowest BCUT2D eigenvalue weighted by Crippen LogP contribution is -2.32. The van der Waals surface area contributed by atoms with Crippen molar-refractivity contribution < 1.29 is 14.7 Å². The van der Waals surface area contributed by atoms with Crippen LogP contribution in [0.25, 0.3) is 0 Å². The topological polar surface area (TPSA) is 66.4 Å². The number of carbonyl (C=O) groups excluding carboxylic acids is 1. The molecule has 0 radical (unpaired) electrons. The van der Waals surface area contributed by atoms with Gasteiger partial charge >= 0.3 is 5.97 Å². The van der Waals surface area contributed by atoms with E-state index in [0.717, 1.165) is 0 Å². The summed E-state index contributed by atoms with van der Waals surface area (Å²) < 4.78 is 0. The van der Waals surface area contributed by atoms with Crippen molar-refractivity contribution in [1.82, 2.24) is 0 Å². The predicted molar refractivity (Wildman–Crippen MR) is 70.3 cm³/mol. The van der Waals surface area contributed by atoms with Gasteiger partial charge in [-0.05, 0) is 17.5 Å². The Bertz CT molecular complexity index is 420. The molecule has 18 heavy (non-hydrogen) atoms. The standard InChI is InChI=1S/C14H19NO3/c1-14(2,3)11(13(17)18)9-12(16)15-10-7-5-4-6-8-10/h4-8,11H,9H2,1-3H3,(H,15,16)(H,17,18). The highest BCUT2D eigenvalue weighted by Gasteiger charge is 2.33. The highest BCUT2D eigenvalue weighted by Crippen LogP contribution is 2.29. The number of nitrogens with one attached hydrogen (secondary N) is 1. The fraction of sp³-hybridized carbons (Fsp3) is 0.429. The molecule has 1 rings (SSSR count). The van der Waals surface area contributed by atoms with Crippen LogP contribution in [0.5, 0.6) is 0 Å². The maximum Gasteiger partial charge on any atom is 0.307 e. The molecule has 1 amide bonds. The number of benzene rings is 1. The van der Waals surface area contributed by atoms with E-state index in [1.165, 1.54) is 0 Å². The second-order valence-corrected chi connectivity index (χ2v) is 5.38. The first kappa shape index (κ1) is 14.2. The SMILES string of the molecule is CC(C)(C)C(CC(=O)Nc1ccccc1)C(=O)O. The van der Waals surface area contributed by atoms with Crippen molar-refractivity contribution in [3.63, 3.8) is 0 Å². The minimum absolute atomic E-state index is 0.0201. The van der Waals surface area contributed by atoms with Gasteiger partial charge < -0.3 is 10.4 Å². The predicted octanol–water partition coefficient (Wildman–Crippen LogP) is 2.76. The summed E-state index contributed by atoms with van der Waals surface area (Å²) in [6.45, 7) is 5.46. The molecule has 0 saturated carbocycles. The zero-order valence-corrected chi connectivity index (χ0v) is 10.9. The Morgan fingerprint density at radius 3 is 2.22 bits per heavy atom. The molecule has 1 unspecified atom stereocenters. The number of carbonyl (C=O) groups is 2. The molecule has 0 aromatic heterocycles. The van der Waals surface area contributed by atoms with Gasteiger partial charge in [-0.25, -0.2) is 0 Å². The lowest BCUT2D eigenvalue weighted by atomic mass is 9.78. The molecule has 0 fully saturated rings. The number of anilines is 1. The van der Waals surface area contributed by atoms with Crippen LogP contribution < -0.4 is 5.32 Å². The van der Waals surface area contributed by atoms with Crippen molar-refractivity contribution in [2.24, 2.45) is 11.3 Å². The summed E-state index contributed by atoms with van der Waals surface area (Å²) in [4.78, 5) is 23.0. The van der Waals surface area contributed by atoms with Crippen LogP contribution in [0.3, 0.4) is 0 Å². The van der Waals surface area contributed by atoms with Crippen LogP contribution in [-0.4, -0.2) is 17.0 Å². The third-order valence-corrected chi connectivity index (χ3v) is 2.79. The summed E-state index contributed by atoms with van der Waals surface area (Å²) in [6, 6.07) is 9.02. The van der Waals surface area contributed by atoms with Crippen LogP contribution >= 0.6 is 0 Å². The van der Waals surface area contributed by atoms with Crippen LogP contribution in [0.1, 0.15) is 27.2 Å². The molecule has 0 saturated heterocycles. The summed E-state index contributed by atoms with van der Waals surface area (Å²) in [7, 11) is 0. The van der Waals surface area contributed by atoms with Crippen LogP contribution in [-0.2, 0) is 9.59 Å². The van der Waals surface area contributed by atoms with Gasteiger partial charge in [-0.2, -0.15) is 0 Å². The van der Waals surface area contributed by atoms with Crippen molar-refractivity contribution in [2.75, 3.05) is 5.32 Å². The molecule has 98 valence electrons. The van der Waals surface area contributed by atoms with E-state index in [4.69, 9.17) is 5.11 Å². The molecule has 4 heteroatoms. The zero-order valence-electron chi connectivity index (χ0n) is 10.9. The minimum Gasteiger partial charge on any atom is -0.481 e. The number of amides is 1. The van der Waals surface area contributed by atoms with E-state index in [9.17, 15) is 9.59 Å². The molecule has 0 heterocycles. The highest BCUT2D eigenvalue weighted by atomic mass is 16.4. The first-order valence-electron chi connectivity index (χ1n) is 5.88. The fourth-order valence-corrected chi connectivity index (χ4v) is 1.68. The van der Waals surface area contributed by atoms with Gasteiger partial charge in [0.25, 0.3) is 0 Å². The normalized spacial score (nSPS) is 12.8. The van der Waals surface area contributed by atoms with Gasteiger partial charge in [0.1, 0.15) is 0 Å². The average Bonchev–Trinajstić information content (AvgIpc) is 2.25. The molecule has 4 nitrogen and oxygen atoms in total. The maximum absolute atomic E-state index is 11.8. The van der Waals surface area contributed by atoms with Crippen molar-refractivity contribution in [1.29, 1.82) is 0 Å². The number of rotatable bonds is 4. The van der Waals surface area contributed by atoms with Crippen LogP contribution in [0.4, 0.5) is 5.69 Å². The Morgan fingerprint density at radius 1 is 1.22 bits per heavy atom. The van der Waals surface area contributed by atoms with Crippen LogP contribution in [0.15, 0.2) is 30.3 Å². The van der Waals surface area contributed by atoms with Gasteiger partial charge in [0.2, 0.25) is 5.91 Å². The maximum atomic E-state index is 11.8. The highest BCUT2D eigenvalue weighted by molar-refractivity contribution is 5.93. The Labute approximate surface area is 107 Å². The van der Waals surface area contributed by atoms with E-state index >= 15 is 0 Å². The number of aliphatic carboxylic acids is 1. The summed E-state index contributed by atoms with van der Waals surface area (Å²) in [5.41, 5.74) is 0.236. The quantitative estimate of drug-likeness (QED) is 0.862. The smallest absolute Gasteiger partial charge is 0.307 e. The summed E-state index contributed by atoms with van der Waals surface area (Å²) in [6.07, 6.45) is -0.0201. The minimum atomic E-state index is -0.939. The second-order valence-electron chi connectivity index (χ2n) is 5.38. The Balaban J connectivity index is 2.66. The molecule has 1 aromatic rings. The van der Waals surface area contributed by atoms with Gasteiger partial charge in [0.05, 0.1) is 5.92 Å². The van der Waals surface area contributed by atoms with E-state index in [0.29, 0.717) is 5.69 Å². The van der Waals surface area contributed by atoms with Gasteiger partial charge in [-0.15, -0.1) is 0 Å². The van der Waals surface area contributed by atoms with Crippen LogP contribution in [0.2, 0.25) is 0 Å². The molecular weight excluding hydrogens is 230 g/mol. The molecule has 0 aliphatic carbocycles. The number of carboxylic acids is 1. The molecule has 0 bridgehead atoms. The first-order chi connectivity index (χ1) is 8.30. The van der Waals surface area contributed by atoms with Gasteiger partial charge in [0, 0.05) is 12.1 Å². The molecule has 0 aliphatic rings. The van der Waals surface area contributed by atoms with E-state index in [-0.39, 0.29) is 12.3 Å². The summed E-state index contributed by atoms with van der Waals surface area (Å²) >= 11 is 0. The van der Waals surface area contributed by atoms with Crippen molar-refractivity contribution in [3.05, 3.63) is 30.3 Å². The zero-order chi connectivity index (χ0) is 13.8. The summed E-state index contributed by atoms with van der Waals surface area (Å²) in [5.74, 6) is -1.91. The van der Waals surface area contributed by atoms with E-state index in [1.807, 2.05) is 39.0 Å². The number of carboxylic acid groups (broad SMARTS) is 1. The Hall–Kier alpha value is -1.84. The van der Waals surface area contributed by atoms with Gasteiger partial charge in [-0.1, -0.05) is 39.0 Å². The third kappa shape index (κ3) is 4.20. The van der Waals surface area contributed by atoms with Crippen LogP contribution in [0, 0.1) is 11.3 Å². The molecule has 0 aliphatic heterocycles. The monoisotopic (exact) mass is 249 g/mol. The Morgan fingerprint density at radius 2 is 1.78 bits per heavy atom. The second kappa shape index (κ2) is 5.67. The number of hydrogen-bond acceptors (Lipinski definition) is 2. The molecule has 1 aromatic carbocycles. The number of para-hydroxylation sites is 1. The van der Waals surface area contributed by atoms with E-state index < -0.39 is 17.3 Å². The van der Waals surface area contributed by atoms with E-state index in [2.05, 4.69) is 5.32 Å². The number of hydrogen-bond donors (Lipinski definition) is 2. The van der Waals surface area contributed by atoms with Crippen molar-refractivity contribution in [2.45, 2.75) is 27.2 Å². The first-order valence-corrected chi connectivity index (χ1v) is 5.88. The lowest BCUT2D eigenvalue weighted by Gasteiger charge is -2.26. The molecular formula is C14H19NO3. The van der Waals surface area contributed by atoms with E-state index in [1.54, 1.807) is 12.1 Å². The fourth-order valence-electron chi connectivity index (χ4n) is 1.68. The lowest BCUT2D eigenvalue weighted by molar-refractivity contribution is -0.147. The summed E-state index contributed by atoms with van der Waals surface area (Å²) in [5, 5.41) is 11.8. The van der Waals surface area contributed by atoms with Crippen molar-refractivity contribution >= 4 is 17.6 Å². The molecule has 1 atom stereocenters. The van der Waals surface area contributed by atoms with Crippen molar-refractivity contribution in [3.8, 4) is 0 Å².